The third-order valence-corrected chi connectivity index (χ3v) is 4.08. The summed E-state index contributed by atoms with van der Waals surface area (Å²) in [4.78, 5) is 25.2. The predicted octanol–water partition coefficient (Wildman–Crippen LogP) is 1.14. The molecule has 0 spiro atoms. The van der Waals surface area contributed by atoms with Crippen molar-refractivity contribution in [2.24, 2.45) is 0 Å². The molecule has 0 amide bonds. The molecule has 0 N–H and O–H groups in total. The number of benzene rings is 1. The number of para-hydroxylation sites is 1. The van der Waals surface area contributed by atoms with Crippen LogP contribution in [0.2, 0.25) is 0 Å². The van der Waals surface area contributed by atoms with E-state index < -0.39 is 5.97 Å². The monoisotopic (exact) mass is 350 g/mol. The van der Waals surface area contributed by atoms with Gasteiger partial charge in [0, 0.05) is 12.4 Å². The zero-order valence-electron chi connectivity index (χ0n) is 14.0. The third kappa shape index (κ3) is 2.37. The van der Waals surface area contributed by atoms with Gasteiger partial charge in [0.25, 0.3) is 5.56 Å². The fourth-order valence-corrected chi connectivity index (χ4v) is 2.76. The van der Waals surface area contributed by atoms with Gasteiger partial charge in [-0.15, -0.1) is 10.2 Å². The average molecular weight is 350 g/mol. The Hall–Kier alpha value is -3.75. The van der Waals surface area contributed by atoms with Crippen LogP contribution in [0, 0.1) is 6.92 Å². The summed E-state index contributed by atoms with van der Waals surface area (Å²) in [6.45, 7) is 1.89. The lowest BCUT2D eigenvalue weighted by Gasteiger charge is -2.11. The fraction of sp³-hybridized carbons (Fsp3) is 0.118. The summed E-state index contributed by atoms with van der Waals surface area (Å²) in [6.07, 6.45) is 5.99. The number of pyridine rings is 1. The molecule has 130 valence electrons. The van der Waals surface area contributed by atoms with Crippen molar-refractivity contribution >= 4 is 5.97 Å². The van der Waals surface area contributed by atoms with E-state index in [0.29, 0.717) is 5.69 Å². The Morgan fingerprint density at radius 3 is 2.50 bits per heavy atom. The number of aryl methyl sites for hydroxylation is 1. The molecule has 2 aliphatic heterocycles. The molecule has 9 heteroatoms. The highest BCUT2D eigenvalue weighted by atomic mass is 16.5. The SMILES string of the molecule is COC(=O)c1cn(-n2cnnc2)cc2c(=O)n(-c3ccccc3C)nc1-2. The molecule has 26 heavy (non-hydrogen) atoms. The first-order valence-corrected chi connectivity index (χ1v) is 7.75. The topological polar surface area (TPSA) is 96.8 Å². The van der Waals surface area contributed by atoms with Gasteiger partial charge in [0.1, 0.15) is 23.9 Å². The van der Waals surface area contributed by atoms with Crippen LogP contribution in [0.4, 0.5) is 0 Å². The van der Waals surface area contributed by atoms with Crippen molar-refractivity contribution in [3.63, 3.8) is 0 Å². The molecule has 0 radical (unpaired) electrons. The van der Waals surface area contributed by atoms with Crippen LogP contribution in [0.3, 0.4) is 0 Å². The van der Waals surface area contributed by atoms with E-state index in [2.05, 4.69) is 15.3 Å². The van der Waals surface area contributed by atoms with Crippen LogP contribution in [-0.4, -0.2) is 42.4 Å². The molecule has 0 bridgehead atoms. The highest BCUT2D eigenvalue weighted by molar-refractivity contribution is 5.96. The summed E-state index contributed by atoms with van der Waals surface area (Å²) in [6, 6.07) is 7.40. The van der Waals surface area contributed by atoms with Crippen molar-refractivity contribution < 1.29 is 9.53 Å². The van der Waals surface area contributed by atoms with E-state index in [0.717, 1.165) is 5.56 Å². The van der Waals surface area contributed by atoms with Crippen LogP contribution >= 0.6 is 0 Å². The van der Waals surface area contributed by atoms with Crippen molar-refractivity contribution in [1.29, 1.82) is 0 Å². The van der Waals surface area contributed by atoms with Crippen molar-refractivity contribution in [2.45, 2.75) is 6.92 Å². The van der Waals surface area contributed by atoms with E-state index in [1.165, 1.54) is 40.0 Å². The molecule has 1 aromatic heterocycles. The number of ether oxygens (including phenoxy) is 1. The number of esters is 1. The van der Waals surface area contributed by atoms with Crippen LogP contribution < -0.4 is 5.56 Å². The minimum absolute atomic E-state index is 0.170. The summed E-state index contributed by atoms with van der Waals surface area (Å²) >= 11 is 0. The minimum Gasteiger partial charge on any atom is -0.465 e. The summed E-state index contributed by atoms with van der Waals surface area (Å²) in [5, 5.41) is 11.9. The quantitative estimate of drug-likeness (QED) is 0.514. The van der Waals surface area contributed by atoms with Crippen LogP contribution in [0.15, 0.2) is 54.1 Å². The van der Waals surface area contributed by atoms with Gasteiger partial charge in [-0.3, -0.25) is 9.47 Å². The second kappa shape index (κ2) is 5.96. The lowest BCUT2D eigenvalue weighted by atomic mass is 10.1. The first-order chi connectivity index (χ1) is 12.6. The molecule has 0 aliphatic carbocycles. The second-order valence-electron chi connectivity index (χ2n) is 5.65. The van der Waals surface area contributed by atoms with Gasteiger partial charge in [-0.2, -0.15) is 9.78 Å². The van der Waals surface area contributed by atoms with Gasteiger partial charge in [-0.1, -0.05) is 18.2 Å². The molecule has 2 aromatic rings. The zero-order chi connectivity index (χ0) is 18.3. The number of hydrogen-bond acceptors (Lipinski definition) is 6. The summed E-state index contributed by atoms with van der Waals surface area (Å²) in [7, 11) is 1.28. The highest BCUT2D eigenvalue weighted by Crippen LogP contribution is 2.23. The molecular weight excluding hydrogens is 336 g/mol. The number of carbonyl (C=O) groups excluding carboxylic acids is 1. The number of aromatic nitrogens is 6. The molecule has 0 unspecified atom stereocenters. The van der Waals surface area contributed by atoms with Gasteiger partial charge in [0.15, 0.2) is 0 Å². The number of carbonyl (C=O) groups is 1. The normalized spacial score (nSPS) is 11.0. The molecule has 3 heterocycles. The van der Waals surface area contributed by atoms with Crippen LogP contribution in [0.25, 0.3) is 16.9 Å². The Morgan fingerprint density at radius 2 is 1.81 bits per heavy atom. The molecule has 0 saturated heterocycles. The van der Waals surface area contributed by atoms with Crippen molar-refractivity contribution in [3.8, 4) is 16.9 Å². The Labute approximate surface area is 147 Å². The van der Waals surface area contributed by atoms with E-state index in [9.17, 15) is 9.59 Å². The molecule has 1 aromatic carbocycles. The van der Waals surface area contributed by atoms with Gasteiger partial charge in [0.2, 0.25) is 0 Å². The third-order valence-electron chi connectivity index (χ3n) is 4.08. The van der Waals surface area contributed by atoms with Gasteiger partial charge in [-0.25, -0.2) is 9.47 Å². The van der Waals surface area contributed by atoms with Gasteiger partial charge >= 0.3 is 5.97 Å². The molecular formula is C17H14N6O3. The van der Waals surface area contributed by atoms with Gasteiger partial charge in [0.05, 0.1) is 18.4 Å². The summed E-state index contributed by atoms with van der Waals surface area (Å²) in [5.41, 5.74) is 1.94. The number of fused-ring (bicyclic) bond motifs is 1. The number of rotatable bonds is 3. The number of hydrogen-bond donors (Lipinski definition) is 0. The lowest BCUT2D eigenvalue weighted by Crippen LogP contribution is -2.17. The first kappa shape index (κ1) is 15.8. The molecule has 0 fully saturated rings. The fourth-order valence-electron chi connectivity index (χ4n) is 2.76. The Morgan fingerprint density at radius 1 is 1.08 bits per heavy atom. The standard InChI is InChI=1S/C17H14N6O3/c1-11-5-3-4-6-14(11)23-16(24)12-7-21(22-9-18-19-10-22)8-13(15(12)20-23)17(25)26-2/h3-10H,1-2H3. The second-order valence-corrected chi connectivity index (χ2v) is 5.65. The highest BCUT2D eigenvalue weighted by Gasteiger charge is 2.25. The number of nitrogens with zero attached hydrogens (tertiary/aromatic N) is 6. The first-order valence-electron chi connectivity index (χ1n) is 7.75. The molecule has 0 atom stereocenters. The lowest BCUT2D eigenvalue weighted by molar-refractivity contribution is 0.0600. The van der Waals surface area contributed by atoms with Gasteiger partial charge in [-0.05, 0) is 18.6 Å². The smallest absolute Gasteiger partial charge is 0.341 e. The average Bonchev–Trinajstić information content (AvgIpc) is 3.30. The Bertz CT molecular complexity index is 1130. The van der Waals surface area contributed by atoms with Crippen LogP contribution in [-0.2, 0) is 4.74 Å². The maximum atomic E-state index is 13.0. The van der Waals surface area contributed by atoms with Crippen LogP contribution in [0.1, 0.15) is 15.9 Å². The maximum absolute atomic E-state index is 13.0. The largest absolute Gasteiger partial charge is 0.465 e. The van der Waals surface area contributed by atoms with E-state index in [1.54, 1.807) is 12.3 Å². The van der Waals surface area contributed by atoms with E-state index in [-0.39, 0.29) is 22.4 Å². The van der Waals surface area contributed by atoms with E-state index in [1.807, 2.05) is 25.1 Å². The predicted molar refractivity (Wildman–Crippen MR) is 91.3 cm³/mol. The van der Waals surface area contributed by atoms with E-state index >= 15 is 0 Å². The summed E-state index contributed by atoms with van der Waals surface area (Å²) in [5.74, 6) is -0.591. The zero-order valence-corrected chi connectivity index (χ0v) is 14.0. The maximum Gasteiger partial charge on any atom is 0.341 e. The summed E-state index contributed by atoms with van der Waals surface area (Å²) < 4.78 is 9.20. The van der Waals surface area contributed by atoms with Crippen molar-refractivity contribution in [1.82, 2.24) is 29.3 Å². The van der Waals surface area contributed by atoms with Crippen molar-refractivity contribution in [3.05, 3.63) is 70.8 Å². The minimum atomic E-state index is -0.591. The van der Waals surface area contributed by atoms with Crippen LogP contribution in [0.5, 0.6) is 0 Å². The van der Waals surface area contributed by atoms with Crippen molar-refractivity contribution in [2.75, 3.05) is 7.11 Å². The molecule has 0 saturated carbocycles. The van der Waals surface area contributed by atoms with Gasteiger partial charge < -0.3 is 4.74 Å². The Balaban J connectivity index is 2.03. The number of methoxy groups -OCH3 is 1. The van der Waals surface area contributed by atoms with E-state index in [4.69, 9.17) is 4.74 Å². The molecule has 2 aliphatic rings. The molecule has 9 nitrogen and oxygen atoms in total. The Kier molecular flexibility index (Phi) is 3.61. The molecule has 4 rings (SSSR count).